The Balaban J connectivity index is 0.00000210. The Hall–Kier alpha value is -2.42. The molecule has 3 N–H and O–H groups in total. The summed E-state index contributed by atoms with van der Waals surface area (Å²) >= 11 is 0. The van der Waals surface area contributed by atoms with E-state index in [1.54, 1.807) is 16.8 Å². The van der Waals surface area contributed by atoms with Gasteiger partial charge in [0.15, 0.2) is 5.96 Å². The molecule has 0 saturated carbocycles. The topological polar surface area (TPSA) is 68.2 Å². The first-order chi connectivity index (χ1) is 12.7. The Bertz CT molecular complexity index is 949. The lowest BCUT2D eigenvalue weighted by Gasteiger charge is -2.07. The van der Waals surface area contributed by atoms with Crippen molar-refractivity contribution >= 4 is 35.6 Å². The summed E-state index contributed by atoms with van der Waals surface area (Å²) in [5.41, 5.74) is 11.4. The average molecular weight is 477 g/mol. The summed E-state index contributed by atoms with van der Waals surface area (Å²) in [6.07, 6.45) is 5.33. The molecule has 1 aliphatic carbocycles. The number of aliphatic imine (C=N–C) groups is 1. The minimum absolute atomic E-state index is 0. The number of nitrogens with two attached hydrogens (primary N) is 1. The van der Waals surface area contributed by atoms with Gasteiger partial charge in [0.25, 0.3) is 0 Å². The van der Waals surface area contributed by atoms with Crippen LogP contribution in [-0.4, -0.2) is 15.7 Å². The van der Waals surface area contributed by atoms with Gasteiger partial charge in [-0.3, -0.25) is 0 Å². The third-order valence-electron chi connectivity index (χ3n) is 4.52. The first-order valence-corrected chi connectivity index (χ1v) is 8.66. The molecule has 1 heterocycles. The van der Waals surface area contributed by atoms with Crippen LogP contribution in [0.4, 0.5) is 10.1 Å². The van der Waals surface area contributed by atoms with Crippen LogP contribution in [0.25, 0.3) is 5.69 Å². The molecular formula is C20H21FIN5. The molecule has 1 aromatic heterocycles. The molecule has 27 heavy (non-hydrogen) atoms. The molecule has 2 aromatic carbocycles. The van der Waals surface area contributed by atoms with E-state index in [2.05, 4.69) is 27.5 Å². The third-order valence-corrected chi connectivity index (χ3v) is 4.52. The van der Waals surface area contributed by atoms with E-state index in [0.29, 0.717) is 12.5 Å². The Morgan fingerprint density at radius 2 is 1.89 bits per heavy atom. The van der Waals surface area contributed by atoms with Crippen molar-refractivity contribution in [2.24, 2.45) is 10.7 Å². The number of anilines is 1. The molecule has 140 valence electrons. The van der Waals surface area contributed by atoms with E-state index in [-0.39, 0.29) is 29.8 Å². The summed E-state index contributed by atoms with van der Waals surface area (Å²) in [6, 6.07) is 14.4. The maximum atomic E-state index is 13.0. The number of guanidine groups is 1. The number of hydrogen-bond acceptors (Lipinski definition) is 2. The quantitative estimate of drug-likeness (QED) is 0.339. The molecule has 4 rings (SSSR count). The fourth-order valence-corrected chi connectivity index (χ4v) is 3.19. The zero-order valence-electron chi connectivity index (χ0n) is 14.7. The Labute approximate surface area is 174 Å². The fraction of sp³-hybridized carbons (Fsp3) is 0.200. The minimum Gasteiger partial charge on any atom is -0.370 e. The van der Waals surface area contributed by atoms with Crippen LogP contribution in [0.1, 0.15) is 23.2 Å². The normalized spacial score (nSPS) is 13.1. The lowest BCUT2D eigenvalue weighted by atomic mass is 10.1. The number of aromatic nitrogens is 2. The number of rotatable bonds is 4. The molecule has 0 bridgehead atoms. The minimum atomic E-state index is -0.267. The molecule has 0 saturated heterocycles. The van der Waals surface area contributed by atoms with E-state index in [1.807, 2.05) is 18.3 Å². The lowest BCUT2D eigenvalue weighted by Crippen LogP contribution is -2.22. The molecule has 1 aliphatic rings. The number of benzene rings is 2. The van der Waals surface area contributed by atoms with Gasteiger partial charge < -0.3 is 11.1 Å². The van der Waals surface area contributed by atoms with Gasteiger partial charge in [0, 0.05) is 11.9 Å². The number of hydrogen-bond donors (Lipinski definition) is 2. The highest BCUT2D eigenvalue weighted by Crippen LogP contribution is 2.24. The van der Waals surface area contributed by atoms with Gasteiger partial charge in [-0.2, -0.15) is 5.10 Å². The standard InChI is InChI=1S/C20H20FN5.HI/c21-16-5-8-19(9-6-16)26-11-10-18(25-26)13-23-20(22)24-17-7-4-14-2-1-3-15(14)12-17;/h4-12H,1-3,13H2,(H3,22,23,24);1H. The highest BCUT2D eigenvalue weighted by molar-refractivity contribution is 14.0. The molecule has 0 radical (unpaired) electrons. The molecule has 7 heteroatoms. The Kier molecular flexibility index (Phi) is 6.10. The first-order valence-electron chi connectivity index (χ1n) is 8.66. The van der Waals surface area contributed by atoms with Gasteiger partial charge in [-0.1, -0.05) is 6.07 Å². The van der Waals surface area contributed by atoms with Crippen LogP contribution in [0.3, 0.4) is 0 Å². The summed E-state index contributed by atoms with van der Waals surface area (Å²) in [5.74, 6) is 0.0930. The summed E-state index contributed by atoms with van der Waals surface area (Å²) < 4.78 is 14.7. The average Bonchev–Trinajstić information content (AvgIpc) is 3.29. The van der Waals surface area contributed by atoms with Crippen molar-refractivity contribution in [1.29, 1.82) is 0 Å². The van der Waals surface area contributed by atoms with Crippen molar-refractivity contribution in [3.8, 4) is 5.69 Å². The molecule has 3 aromatic rings. The Morgan fingerprint density at radius 1 is 1.11 bits per heavy atom. The third kappa shape index (κ3) is 4.65. The molecule has 0 fully saturated rings. The van der Waals surface area contributed by atoms with E-state index >= 15 is 0 Å². The summed E-state index contributed by atoms with van der Waals surface area (Å²) in [6.45, 7) is 0.373. The SMILES string of the molecule is I.NC(=NCc1ccn(-c2ccc(F)cc2)n1)Nc1ccc2c(c1)CCC2. The van der Waals surface area contributed by atoms with Crippen LogP contribution in [0.2, 0.25) is 0 Å². The maximum Gasteiger partial charge on any atom is 0.193 e. The molecular weight excluding hydrogens is 456 g/mol. The molecule has 0 atom stereocenters. The van der Waals surface area contributed by atoms with E-state index in [0.717, 1.165) is 29.9 Å². The number of aryl methyl sites for hydroxylation is 2. The largest absolute Gasteiger partial charge is 0.370 e. The second kappa shape index (κ2) is 8.51. The van der Waals surface area contributed by atoms with Crippen molar-refractivity contribution in [2.45, 2.75) is 25.8 Å². The lowest BCUT2D eigenvalue weighted by molar-refractivity contribution is 0.627. The smallest absolute Gasteiger partial charge is 0.193 e. The predicted octanol–water partition coefficient (Wildman–Crippen LogP) is 4.04. The van der Waals surface area contributed by atoms with E-state index in [1.165, 1.54) is 29.7 Å². The number of nitrogens with zero attached hydrogens (tertiary/aromatic N) is 3. The van der Waals surface area contributed by atoms with Gasteiger partial charge in [-0.05, 0) is 72.9 Å². The van der Waals surface area contributed by atoms with Crippen LogP contribution in [-0.2, 0) is 19.4 Å². The molecule has 0 amide bonds. The number of halogens is 2. The van der Waals surface area contributed by atoms with E-state index in [9.17, 15) is 4.39 Å². The van der Waals surface area contributed by atoms with Crippen molar-refractivity contribution in [1.82, 2.24) is 9.78 Å². The monoisotopic (exact) mass is 477 g/mol. The van der Waals surface area contributed by atoms with Gasteiger partial charge in [-0.15, -0.1) is 24.0 Å². The van der Waals surface area contributed by atoms with E-state index in [4.69, 9.17) is 5.73 Å². The van der Waals surface area contributed by atoms with Gasteiger partial charge in [0.05, 0.1) is 17.9 Å². The summed E-state index contributed by atoms with van der Waals surface area (Å²) in [5, 5.41) is 7.58. The van der Waals surface area contributed by atoms with Crippen molar-refractivity contribution < 1.29 is 4.39 Å². The zero-order chi connectivity index (χ0) is 17.9. The van der Waals surface area contributed by atoms with Crippen molar-refractivity contribution in [3.05, 3.63) is 77.4 Å². The highest BCUT2D eigenvalue weighted by Gasteiger charge is 2.11. The van der Waals surface area contributed by atoms with E-state index < -0.39 is 0 Å². The molecule has 5 nitrogen and oxygen atoms in total. The van der Waals surface area contributed by atoms with Crippen LogP contribution < -0.4 is 11.1 Å². The van der Waals surface area contributed by atoms with Gasteiger partial charge in [0.1, 0.15) is 5.82 Å². The van der Waals surface area contributed by atoms with Crippen LogP contribution >= 0.6 is 24.0 Å². The predicted molar refractivity (Wildman–Crippen MR) is 116 cm³/mol. The van der Waals surface area contributed by atoms with Gasteiger partial charge in [-0.25, -0.2) is 14.1 Å². The maximum absolute atomic E-state index is 13.0. The second-order valence-electron chi connectivity index (χ2n) is 6.39. The fourth-order valence-electron chi connectivity index (χ4n) is 3.19. The zero-order valence-corrected chi connectivity index (χ0v) is 17.1. The highest BCUT2D eigenvalue weighted by atomic mass is 127. The van der Waals surface area contributed by atoms with Crippen molar-refractivity contribution in [3.63, 3.8) is 0 Å². The van der Waals surface area contributed by atoms with Crippen LogP contribution in [0, 0.1) is 5.82 Å². The molecule has 0 unspecified atom stereocenters. The summed E-state index contributed by atoms with van der Waals surface area (Å²) in [7, 11) is 0. The molecule has 0 aliphatic heterocycles. The number of fused-ring (bicyclic) bond motifs is 1. The summed E-state index contributed by atoms with van der Waals surface area (Å²) in [4.78, 5) is 4.35. The number of nitrogens with one attached hydrogen (secondary N) is 1. The van der Waals surface area contributed by atoms with Crippen LogP contribution in [0.5, 0.6) is 0 Å². The molecule has 0 spiro atoms. The van der Waals surface area contributed by atoms with Gasteiger partial charge >= 0.3 is 0 Å². The first kappa shape index (κ1) is 19.3. The van der Waals surface area contributed by atoms with Crippen molar-refractivity contribution in [2.75, 3.05) is 5.32 Å². The van der Waals surface area contributed by atoms with Crippen LogP contribution in [0.15, 0.2) is 59.7 Å². The second-order valence-corrected chi connectivity index (χ2v) is 6.39. The van der Waals surface area contributed by atoms with Gasteiger partial charge in [0.2, 0.25) is 0 Å². The Morgan fingerprint density at radius 3 is 2.70 bits per heavy atom.